The molecule has 0 saturated carbocycles. The van der Waals surface area contributed by atoms with Crippen LogP contribution in [-0.2, 0) is 6.67 Å². The highest BCUT2D eigenvalue weighted by Gasteiger charge is 2.28. The van der Waals surface area contributed by atoms with Crippen molar-refractivity contribution < 1.29 is 0 Å². The monoisotopic (exact) mass is 491 g/mol. The Balaban J connectivity index is 1.61. The van der Waals surface area contributed by atoms with E-state index in [1.54, 1.807) is 4.68 Å². The molecule has 35 heavy (non-hydrogen) atoms. The Kier molecular flexibility index (Phi) is 7.92. The summed E-state index contributed by atoms with van der Waals surface area (Å²) in [5, 5.41) is 5.42. The normalized spacial score (nSPS) is 18.4. The van der Waals surface area contributed by atoms with Gasteiger partial charge in [-0.3, -0.25) is 9.69 Å². The lowest BCUT2D eigenvalue weighted by molar-refractivity contribution is 0.168. The van der Waals surface area contributed by atoms with Crippen molar-refractivity contribution in [3.63, 3.8) is 0 Å². The van der Waals surface area contributed by atoms with Crippen LogP contribution in [0.1, 0.15) is 55.7 Å². The van der Waals surface area contributed by atoms with Crippen LogP contribution in [0.2, 0.25) is 5.02 Å². The lowest BCUT2D eigenvalue weighted by Gasteiger charge is -2.31. The zero-order chi connectivity index (χ0) is 24.0. The van der Waals surface area contributed by atoms with Gasteiger partial charge in [-0.15, -0.1) is 5.10 Å². The Morgan fingerprint density at radius 1 is 0.800 bits per heavy atom. The molecule has 1 atom stereocenters. The van der Waals surface area contributed by atoms with Gasteiger partial charge in [0.1, 0.15) is 5.69 Å². The van der Waals surface area contributed by atoms with E-state index in [2.05, 4.69) is 9.80 Å². The van der Waals surface area contributed by atoms with Crippen LogP contribution in [0, 0.1) is 0 Å². The first-order valence-electron chi connectivity index (χ1n) is 12.9. The van der Waals surface area contributed by atoms with Gasteiger partial charge in [0.2, 0.25) is 0 Å². The highest BCUT2D eigenvalue weighted by Crippen LogP contribution is 2.30. The number of piperidine rings is 2. The Morgan fingerprint density at radius 3 is 2.11 bits per heavy atom. The van der Waals surface area contributed by atoms with Crippen molar-refractivity contribution in [2.75, 3.05) is 32.7 Å². The quantitative estimate of drug-likeness (QED) is 0.464. The van der Waals surface area contributed by atoms with Crippen molar-refractivity contribution in [3.8, 4) is 11.4 Å². The van der Waals surface area contributed by atoms with Crippen LogP contribution in [0.4, 0.5) is 0 Å². The van der Waals surface area contributed by atoms with E-state index in [4.69, 9.17) is 21.7 Å². The lowest BCUT2D eigenvalue weighted by atomic mass is 9.94. The van der Waals surface area contributed by atoms with Crippen molar-refractivity contribution in [2.45, 2.75) is 51.1 Å². The molecule has 5 rings (SSSR count). The van der Waals surface area contributed by atoms with Gasteiger partial charge < -0.3 is 4.90 Å². The fourth-order valence-corrected chi connectivity index (χ4v) is 5.56. The lowest BCUT2D eigenvalue weighted by Crippen LogP contribution is -2.41. The molecule has 0 bridgehead atoms. The molecule has 0 spiro atoms. The van der Waals surface area contributed by atoms with Gasteiger partial charge in [0, 0.05) is 23.0 Å². The van der Waals surface area contributed by atoms with Crippen LogP contribution >= 0.6 is 11.6 Å². The maximum atomic E-state index is 13.9. The van der Waals surface area contributed by atoms with E-state index in [-0.39, 0.29) is 11.5 Å². The molecule has 3 heterocycles. The molecule has 2 aromatic carbocycles. The van der Waals surface area contributed by atoms with Gasteiger partial charge in [0.15, 0.2) is 5.82 Å². The number of benzene rings is 2. The van der Waals surface area contributed by atoms with E-state index in [0.717, 1.165) is 56.7 Å². The molecule has 6 nitrogen and oxygen atoms in total. The Hall–Kier alpha value is -2.54. The smallest absolute Gasteiger partial charge is 0.290 e. The van der Waals surface area contributed by atoms with E-state index >= 15 is 0 Å². The number of halogens is 1. The van der Waals surface area contributed by atoms with Crippen molar-refractivity contribution in [1.29, 1.82) is 0 Å². The highest BCUT2D eigenvalue weighted by atomic mass is 35.5. The molecule has 184 valence electrons. The summed E-state index contributed by atoms with van der Waals surface area (Å²) in [4.78, 5) is 23.7. The highest BCUT2D eigenvalue weighted by molar-refractivity contribution is 6.31. The van der Waals surface area contributed by atoms with Gasteiger partial charge in [-0.2, -0.15) is 0 Å². The number of hydrogen-bond acceptors (Lipinski definition) is 5. The molecule has 7 heteroatoms. The zero-order valence-electron chi connectivity index (χ0n) is 20.3. The number of aromatic nitrogens is 3. The van der Waals surface area contributed by atoms with Crippen LogP contribution in [0.25, 0.3) is 11.4 Å². The van der Waals surface area contributed by atoms with Crippen LogP contribution in [0.15, 0.2) is 59.4 Å². The Labute approximate surface area is 212 Å². The molecule has 0 amide bonds. The summed E-state index contributed by atoms with van der Waals surface area (Å²) in [6.45, 7) is 5.29. The predicted molar refractivity (Wildman–Crippen MR) is 141 cm³/mol. The van der Waals surface area contributed by atoms with Crippen molar-refractivity contribution >= 4 is 11.6 Å². The summed E-state index contributed by atoms with van der Waals surface area (Å²) in [6.07, 6.45) is 7.22. The molecule has 1 aromatic heterocycles. The van der Waals surface area contributed by atoms with Gasteiger partial charge >= 0.3 is 0 Å². The Bertz CT molecular complexity index is 1170. The van der Waals surface area contributed by atoms with Gasteiger partial charge in [0.05, 0.1) is 6.67 Å². The number of nitrogens with zero attached hydrogens (tertiary/aromatic N) is 5. The molecule has 2 aliphatic heterocycles. The molecule has 2 saturated heterocycles. The summed E-state index contributed by atoms with van der Waals surface area (Å²) in [7, 11) is 0. The largest absolute Gasteiger partial charge is 0.302 e. The van der Waals surface area contributed by atoms with E-state index in [1.165, 1.54) is 25.7 Å². The molecule has 0 aliphatic carbocycles. The molecule has 2 aliphatic rings. The third-order valence-corrected chi connectivity index (χ3v) is 7.55. The number of likely N-dealkylation sites (tertiary alicyclic amines) is 2. The standard InChI is InChI=1S/C28H34ClN5O/c29-25-15-7-6-14-23(25)24(20-32-16-8-2-9-17-32)26-28(35)34(21-33-18-10-3-11-19-33)31-27(30-26)22-12-4-1-5-13-22/h1,4-7,12-15,24H,2-3,8-11,16-21H2/t24-/m1/s1. The fourth-order valence-electron chi connectivity index (χ4n) is 5.29. The molecule has 2 fully saturated rings. The van der Waals surface area contributed by atoms with Gasteiger partial charge in [-0.05, 0) is 63.5 Å². The summed E-state index contributed by atoms with van der Waals surface area (Å²) >= 11 is 6.71. The minimum absolute atomic E-state index is 0.114. The maximum absolute atomic E-state index is 13.9. The molecule has 0 N–H and O–H groups in total. The second kappa shape index (κ2) is 11.5. The van der Waals surface area contributed by atoms with Gasteiger partial charge in [0.25, 0.3) is 5.56 Å². The fraction of sp³-hybridized carbons (Fsp3) is 0.464. The average Bonchev–Trinajstić information content (AvgIpc) is 2.91. The van der Waals surface area contributed by atoms with Crippen LogP contribution < -0.4 is 5.56 Å². The second-order valence-corrected chi connectivity index (χ2v) is 10.2. The van der Waals surface area contributed by atoms with E-state index in [1.807, 2.05) is 54.6 Å². The molecule has 3 aromatic rings. The van der Waals surface area contributed by atoms with Crippen molar-refractivity contribution in [3.05, 3.63) is 81.2 Å². The van der Waals surface area contributed by atoms with Crippen molar-refractivity contribution in [2.24, 2.45) is 0 Å². The summed E-state index contributed by atoms with van der Waals surface area (Å²) in [6, 6.07) is 17.8. The van der Waals surface area contributed by atoms with E-state index < -0.39 is 0 Å². The van der Waals surface area contributed by atoms with Crippen LogP contribution in [0.3, 0.4) is 0 Å². The predicted octanol–water partition coefficient (Wildman–Crippen LogP) is 5.02. The van der Waals surface area contributed by atoms with Crippen LogP contribution in [0.5, 0.6) is 0 Å². The molecule has 0 unspecified atom stereocenters. The SMILES string of the molecule is O=c1c([C@H](CN2CCCCC2)c2ccccc2Cl)nc(-c2ccccc2)nn1CN1CCCCC1. The molecular weight excluding hydrogens is 458 g/mol. The number of hydrogen-bond donors (Lipinski definition) is 0. The summed E-state index contributed by atoms with van der Waals surface area (Å²) < 4.78 is 1.63. The summed E-state index contributed by atoms with van der Waals surface area (Å²) in [5.74, 6) is 0.375. The minimum atomic E-state index is -0.215. The first-order chi connectivity index (χ1) is 17.2. The average molecular weight is 492 g/mol. The minimum Gasteiger partial charge on any atom is -0.302 e. The molecular formula is C28H34ClN5O. The van der Waals surface area contributed by atoms with E-state index in [0.29, 0.717) is 23.2 Å². The first kappa shape index (κ1) is 24.2. The third kappa shape index (κ3) is 5.83. The van der Waals surface area contributed by atoms with E-state index in [9.17, 15) is 4.79 Å². The maximum Gasteiger partial charge on any atom is 0.290 e. The van der Waals surface area contributed by atoms with Crippen LogP contribution in [-0.4, -0.2) is 57.3 Å². The van der Waals surface area contributed by atoms with Gasteiger partial charge in [-0.1, -0.05) is 73.0 Å². The summed E-state index contributed by atoms with van der Waals surface area (Å²) in [5.41, 5.74) is 2.29. The second-order valence-electron chi connectivity index (χ2n) is 9.75. The third-order valence-electron chi connectivity index (χ3n) is 7.21. The van der Waals surface area contributed by atoms with Gasteiger partial charge in [-0.25, -0.2) is 9.67 Å². The first-order valence-corrected chi connectivity index (χ1v) is 13.3. The number of rotatable bonds is 7. The van der Waals surface area contributed by atoms with Crippen molar-refractivity contribution in [1.82, 2.24) is 24.6 Å². The Morgan fingerprint density at radius 2 is 1.43 bits per heavy atom. The topological polar surface area (TPSA) is 54.3 Å². The zero-order valence-corrected chi connectivity index (χ0v) is 21.0. The molecule has 0 radical (unpaired) electrons.